The topological polar surface area (TPSA) is 55.1 Å². The second kappa shape index (κ2) is 3.50. The second-order valence-electron chi connectivity index (χ2n) is 5.19. The Morgan fingerprint density at radius 2 is 2.05 bits per heavy atom. The lowest BCUT2D eigenvalue weighted by atomic mass is 10.1. The van der Waals surface area contributed by atoms with Crippen molar-refractivity contribution in [2.24, 2.45) is 11.8 Å². The molecule has 4 nitrogen and oxygen atoms in total. The quantitative estimate of drug-likeness (QED) is 0.853. The van der Waals surface area contributed by atoms with Gasteiger partial charge in [0.05, 0.1) is 0 Å². The normalized spacial score (nSPS) is 30.0. The molecule has 110 valence electrons. The first-order valence-electron chi connectivity index (χ1n) is 5.84. The number of nitrogens with zero attached hydrogens (tertiary/aromatic N) is 2. The van der Waals surface area contributed by atoms with Gasteiger partial charge in [-0.3, -0.25) is 9.48 Å². The van der Waals surface area contributed by atoms with Gasteiger partial charge in [0.25, 0.3) is 5.92 Å². The Morgan fingerprint density at radius 1 is 1.45 bits per heavy atom. The summed E-state index contributed by atoms with van der Waals surface area (Å²) >= 11 is 0. The summed E-state index contributed by atoms with van der Waals surface area (Å²) in [5.74, 6) is -7.61. The van der Waals surface area contributed by atoms with E-state index in [0.29, 0.717) is 0 Å². The zero-order valence-corrected chi connectivity index (χ0v) is 10.1. The summed E-state index contributed by atoms with van der Waals surface area (Å²) in [5, 5.41) is 11.7. The molecule has 3 unspecified atom stereocenters. The molecule has 0 saturated heterocycles. The van der Waals surface area contributed by atoms with Crippen LogP contribution in [0.1, 0.15) is 29.8 Å². The third-order valence-electron chi connectivity index (χ3n) is 3.99. The predicted molar refractivity (Wildman–Crippen MR) is 54.2 cm³/mol. The lowest BCUT2D eigenvalue weighted by molar-refractivity contribution is -0.143. The number of aromatic nitrogens is 2. The summed E-state index contributed by atoms with van der Waals surface area (Å²) in [6.45, 7) is 0.447. The number of halogens is 5. The number of aliphatic carboxylic acids is 1. The lowest BCUT2D eigenvalue weighted by Crippen LogP contribution is -2.23. The van der Waals surface area contributed by atoms with Crippen molar-refractivity contribution in [1.82, 2.24) is 9.78 Å². The summed E-state index contributed by atoms with van der Waals surface area (Å²) in [6.07, 6.45) is -4.87. The van der Waals surface area contributed by atoms with Crippen LogP contribution in [0.15, 0.2) is 0 Å². The van der Waals surface area contributed by atoms with Crippen LogP contribution in [-0.2, 0) is 23.4 Å². The Morgan fingerprint density at radius 3 is 2.55 bits per heavy atom. The molecule has 1 saturated carbocycles. The maximum Gasteiger partial charge on any atom is 0.435 e. The molecule has 2 aliphatic rings. The van der Waals surface area contributed by atoms with Crippen molar-refractivity contribution in [1.29, 1.82) is 0 Å². The fraction of sp³-hybridized carbons (Fsp3) is 0.636. The number of alkyl halides is 5. The zero-order valence-electron chi connectivity index (χ0n) is 10.1. The van der Waals surface area contributed by atoms with Gasteiger partial charge in [-0.15, -0.1) is 0 Å². The molecule has 0 aliphatic heterocycles. The summed E-state index contributed by atoms with van der Waals surface area (Å²) in [5.41, 5.74) is -2.80. The molecule has 1 heterocycles. The highest BCUT2D eigenvalue weighted by molar-refractivity contribution is 5.67. The van der Waals surface area contributed by atoms with Gasteiger partial charge in [-0.05, 0) is 5.92 Å². The number of carboxylic acids is 1. The van der Waals surface area contributed by atoms with Crippen LogP contribution >= 0.6 is 0 Å². The van der Waals surface area contributed by atoms with Gasteiger partial charge in [-0.1, -0.05) is 6.92 Å². The predicted octanol–water partition coefficient (Wildman–Crippen LogP) is 2.44. The van der Waals surface area contributed by atoms with Crippen LogP contribution in [-0.4, -0.2) is 20.9 Å². The summed E-state index contributed by atoms with van der Waals surface area (Å²) in [6, 6.07) is 0. The van der Waals surface area contributed by atoms with Crippen molar-refractivity contribution in [3.8, 4) is 0 Å². The largest absolute Gasteiger partial charge is 0.480 e. The number of hydrogen-bond donors (Lipinski definition) is 1. The fourth-order valence-electron chi connectivity index (χ4n) is 3.21. The Hall–Kier alpha value is -1.67. The molecule has 1 aromatic rings. The number of hydrogen-bond acceptors (Lipinski definition) is 2. The number of carbonyl (C=O) groups is 1. The Balaban J connectivity index is 2.21. The summed E-state index contributed by atoms with van der Waals surface area (Å²) in [4.78, 5) is 10.6. The standard InChI is InChI=1S/C11H9F5N2O2/c1-3-5-6-8(11(14,15)16)17-18(2-4(19)20)9(6)10(12,13)7(3)5/h3,5,7H,2H2,1H3,(H,19,20). The van der Waals surface area contributed by atoms with Crippen molar-refractivity contribution >= 4 is 5.97 Å². The molecule has 0 amide bonds. The van der Waals surface area contributed by atoms with E-state index in [9.17, 15) is 26.7 Å². The molecule has 0 spiro atoms. The molecule has 3 atom stereocenters. The molecule has 1 aromatic heterocycles. The highest BCUT2D eigenvalue weighted by atomic mass is 19.4. The molecular formula is C11H9F5N2O2. The highest BCUT2D eigenvalue weighted by Gasteiger charge is 2.72. The monoisotopic (exact) mass is 296 g/mol. The SMILES string of the molecule is CC1C2c3c(C(F)(F)F)nn(CC(=O)O)c3C(F)(F)C12. The number of rotatable bonds is 2. The molecule has 3 rings (SSSR count). The van der Waals surface area contributed by atoms with Gasteiger partial charge >= 0.3 is 12.1 Å². The van der Waals surface area contributed by atoms with E-state index < -0.39 is 59.3 Å². The molecule has 20 heavy (non-hydrogen) atoms. The molecule has 9 heteroatoms. The molecule has 0 bridgehead atoms. The van der Waals surface area contributed by atoms with Crippen LogP contribution in [0.3, 0.4) is 0 Å². The van der Waals surface area contributed by atoms with Gasteiger partial charge in [0.2, 0.25) is 0 Å². The average molecular weight is 296 g/mol. The van der Waals surface area contributed by atoms with Crippen LogP contribution < -0.4 is 0 Å². The van der Waals surface area contributed by atoms with Gasteiger partial charge in [0.1, 0.15) is 12.2 Å². The lowest BCUT2D eigenvalue weighted by Gasteiger charge is -2.15. The first-order valence-corrected chi connectivity index (χ1v) is 5.84. The fourth-order valence-corrected chi connectivity index (χ4v) is 3.21. The molecule has 1 N–H and O–H groups in total. The van der Waals surface area contributed by atoms with Gasteiger partial charge in [0, 0.05) is 17.4 Å². The van der Waals surface area contributed by atoms with Crippen LogP contribution in [0.25, 0.3) is 0 Å². The van der Waals surface area contributed by atoms with E-state index >= 15 is 0 Å². The Kier molecular flexibility index (Phi) is 2.33. The van der Waals surface area contributed by atoms with Crippen LogP contribution in [0, 0.1) is 11.8 Å². The van der Waals surface area contributed by atoms with Gasteiger partial charge in [-0.25, -0.2) is 0 Å². The first-order chi connectivity index (χ1) is 9.06. The third kappa shape index (κ3) is 1.52. The van der Waals surface area contributed by atoms with Crippen molar-refractivity contribution in [3.05, 3.63) is 17.0 Å². The second-order valence-corrected chi connectivity index (χ2v) is 5.19. The van der Waals surface area contributed by atoms with Gasteiger partial charge in [0.15, 0.2) is 5.69 Å². The molecule has 0 radical (unpaired) electrons. The van der Waals surface area contributed by atoms with Crippen LogP contribution in [0.4, 0.5) is 22.0 Å². The highest BCUT2D eigenvalue weighted by Crippen LogP contribution is 2.71. The average Bonchev–Trinajstić information content (AvgIpc) is 2.66. The minimum absolute atomic E-state index is 0.277. The van der Waals surface area contributed by atoms with Crippen molar-refractivity contribution in [3.63, 3.8) is 0 Å². The number of carboxylic acid groups (broad SMARTS) is 1. The molecule has 0 aromatic carbocycles. The summed E-state index contributed by atoms with van der Waals surface area (Å²) < 4.78 is 67.2. The van der Waals surface area contributed by atoms with Crippen LogP contribution in [0.2, 0.25) is 0 Å². The van der Waals surface area contributed by atoms with E-state index in [1.54, 1.807) is 0 Å². The smallest absolute Gasteiger partial charge is 0.435 e. The first kappa shape index (κ1) is 13.3. The Bertz CT molecular complexity index is 607. The molecular weight excluding hydrogens is 287 g/mol. The third-order valence-corrected chi connectivity index (χ3v) is 3.99. The van der Waals surface area contributed by atoms with Crippen molar-refractivity contribution in [2.75, 3.05) is 0 Å². The zero-order chi connectivity index (χ0) is 15.0. The molecule has 1 fully saturated rings. The van der Waals surface area contributed by atoms with E-state index in [1.807, 2.05) is 0 Å². The van der Waals surface area contributed by atoms with Crippen molar-refractivity contribution in [2.45, 2.75) is 31.5 Å². The van der Waals surface area contributed by atoms with E-state index in [-0.39, 0.29) is 4.68 Å². The maximum absolute atomic E-state index is 14.1. The van der Waals surface area contributed by atoms with E-state index in [1.165, 1.54) is 6.92 Å². The van der Waals surface area contributed by atoms with Gasteiger partial charge < -0.3 is 5.11 Å². The Labute approximate surface area is 109 Å². The van der Waals surface area contributed by atoms with Gasteiger partial charge in [-0.2, -0.15) is 27.1 Å². The van der Waals surface area contributed by atoms with E-state index in [2.05, 4.69) is 5.10 Å². The summed E-state index contributed by atoms with van der Waals surface area (Å²) in [7, 11) is 0. The van der Waals surface area contributed by atoms with Crippen LogP contribution in [0.5, 0.6) is 0 Å². The molecule has 2 aliphatic carbocycles. The van der Waals surface area contributed by atoms with Crippen molar-refractivity contribution < 1.29 is 31.9 Å². The maximum atomic E-state index is 14.1. The number of fused-ring (bicyclic) bond motifs is 3. The van der Waals surface area contributed by atoms with E-state index in [4.69, 9.17) is 5.11 Å². The minimum atomic E-state index is -4.87. The van der Waals surface area contributed by atoms with E-state index in [0.717, 1.165) is 0 Å². The minimum Gasteiger partial charge on any atom is -0.480 e.